The van der Waals surface area contributed by atoms with E-state index < -0.39 is 0 Å². The van der Waals surface area contributed by atoms with E-state index in [0.29, 0.717) is 5.92 Å². The third-order valence-electron chi connectivity index (χ3n) is 4.17. The van der Waals surface area contributed by atoms with Crippen molar-refractivity contribution >= 4 is 5.91 Å². The summed E-state index contributed by atoms with van der Waals surface area (Å²) in [6.45, 7) is 8.78. The monoisotopic (exact) mass is 264 g/mol. The molecule has 0 radical (unpaired) electrons. The van der Waals surface area contributed by atoms with Gasteiger partial charge in [-0.3, -0.25) is 4.79 Å². The first-order valence-electron chi connectivity index (χ1n) is 7.02. The first-order valence-corrected chi connectivity index (χ1v) is 7.02. The van der Waals surface area contributed by atoms with E-state index in [-0.39, 0.29) is 17.4 Å². The van der Waals surface area contributed by atoms with E-state index in [2.05, 4.69) is 29.5 Å². The normalized spacial score (nSPS) is 24.6. The molecule has 19 heavy (non-hydrogen) atoms. The van der Waals surface area contributed by atoms with Crippen molar-refractivity contribution in [2.24, 2.45) is 11.3 Å². The van der Waals surface area contributed by atoms with Crippen molar-refractivity contribution in [3.05, 3.63) is 18.7 Å². The first kappa shape index (κ1) is 14.1. The van der Waals surface area contributed by atoms with Crippen LogP contribution in [0.1, 0.15) is 27.2 Å². The quantitative estimate of drug-likeness (QED) is 0.835. The van der Waals surface area contributed by atoms with E-state index in [1.165, 1.54) is 0 Å². The van der Waals surface area contributed by atoms with Crippen molar-refractivity contribution in [3.8, 4) is 0 Å². The molecule has 0 spiro atoms. The van der Waals surface area contributed by atoms with Crippen LogP contribution in [0.25, 0.3) is 0 Å². The fraction of sp³-hybridized carbons (Fsp3) is 0.714. The van der Waals surface area contributed by atoms with Crippen molar-refractivity contribution in [1.82, 2.24) is 20.2 Å². The Balaban J connectivity index is 1.95. The second kappa shape index (κ2) is 5.74. The smallest absolute Gasteiger partial charge is 0.228 e. The van der Waals surface area contributed by atoms with Gasteiger partial charge in [0.05, 0.1) is 11.7 Å². The van der Waals surface area contributed by atoms with Crippen LogP contribution in [0.2, 0.25) is 0 Å². The van der Waals surface area contributed by atoms with Gasteiger partial charge in [-0.1, -0.05) is 13.8 Å². The minimum Gasteiger partial charge on any atom is -0.351 e. The molecule has 2 N–H and O–H groups in total. The number of nitrogens with one attached hydrogen (secondary N) is 2. The molecule has 2 rings (SSSR count). The van der Waals surface area contributed by atoms with Crippen LogP contribution >= 0.6 is 0 Å². The molecule has 106 valence electrons. The molecule has 0 aromatic carbocycles. The molecule has 2 unspecified atom stereocenters. The van der Waals surface area contributed by atoms with E-state index >= 15 is 0 Å². The number of imidazole rings is 1. The molecule has 1 aromatic rings. The van der Waals surface area contributed by atoms with Gasteiger partial charge < -0.3 is 15.2 Å². The molecule has 1 saturated heterocycles. The molecule has 1 aliphatic heterocycles. The molecule has 2 atom stereocenters. The van der Waals surface area contributed by atoms with Crippen molar-refractivity contribution in [2.45, 2.75) is 39.8 Å². The van der Waals surface area contributed by atoms with Gasteiger partial charge in [-0.2, -0.15) is 0 Å². The summed E-state index contributed by atoms with van der Waals surface area (Å²) in [4.78, 5) is 16.6. The van der Waals surface area contributed by atoms with Gasteiger partial charge in [0.25, 0.3) is 0 Å². The van der Waals surface area contributed by atoms with E-state index in [1.54, 1.807) is 12.5 Å². The molecular formula is C14H24N4O. The van der Waals surface area contributed by atoms with Crippen LogP contribution in [0.5, 0.6) is 0 Å². The van der Waals surface area contributed by atoms with Crippen LogP contribution in [-0.4, -0.2) is 34.6 Å². The third-order valence-corrected chi connectivity index (χ3v) is 4.17. The molecule has 2 heterocycles. The summed E-state index contributed by atoms with van der Waals surface area (Å²) >= 11 is 0. The first-order chi connectivity index (χ1) is 9.04. The maximum absolute atomic E-state index is 12.6. The Morgan fingerprint density at radius 3 is 2.84 bits per heavy atom. The second-order valence-corrected chi connectivity index (χ2v) is 5.87. The molecule has 0 bridgehead atoms. The number of nitrogens with zero attached hydrogens (tertiary/aromatic N) is 2. The van der Waals surface area contributed by atoms with Crippen LogP contribution in [-0.2, 0) is 11.3 Å². The van der Waals surface area contributed by atoms with Gasteiger partial charge in [0.15, 0.2) is 0 Å². The zero-order chi connectivity index (χ0) is 13.9. The molecule has 1 aromatic heterocycles. The molecule has 1 fully saturated rings. The Morgan fingerprint density at radius 1 is 1.53 bits per heavy atom. The number of hydrogen-bond donors (Lipinski definition) is 2. The molecule has 5 heteroatoms. The van der Waals surface area contributed by atoms with Gasteiger partial charge in [0.2, 0.25) is 5.91 Å². The Hall–Kier alpha value is -1.36. The lowest BCUT2D eigenvalue weighted by Gasteiger charge is -2.32. The van der Waals surface area contributed by atoms with Crippen LogP contribution in [0.3, 0.4) is 0 Å². The number of carbonyl (C=O) groups is 1. The van der Waals surface area contributed by atoms with Gasteiger partial charge in [-0.05, 0) is 25.8 Å². The zero-order valence-corrected chi connectivity index (χ0v) is 12.0. The summed E-state index contributed by atoms with van der Waals surface area (Å²) < 4.78 is 1.99. The average molecular weight is 264 g/mol. The van der Waals surface area contributed by atoms with Crippen LogP contribution in [0, 0.1) is 11.3 Å². The fourth-order valence-corrected chi connectivity index (χ4v) is 2.78. The number of rotatable bonds is 5. The van der Waals surface area contributed by atoms with E-state index in [1.807, 2.05) is 17.7 Å². The highest BCUT2D eigenvalue weighted by Crippen LogP contribution is 2.34. The Morgan fingerprint density at radius 2 is 2.32 bits per heavy atom. The van der Waals surface area contributed by atoms with Crippen LogP contribution < -0.4 is 10.6 Å². The molecule has 1 aliphatic rings. The van der Waals surface area contributed by atoms with Crippen LogP contribution in [0.15, 0.2) is 18.7 Å². The van der Waals surface area contributed by atoms with Crippen molar-refractivity contribution in [3.63, 3.8) is 0 Å². The highest BCUT2D eigenvalue weighted by molar-refractivity contribution is 5.83. The highest BCUT2D eigenvalue weighted by atomic mass is 16.2. The van der Waals surface area contributed by atoms with E-state index in [9.17, 15) is 4.79 Å². The topological polar surface area (TPSA) is 59.0 Å². The summed E-state index contributed by atoms with van der Waals surface area (Å²) in [5, 5.41) is 6.47. The molecule has 0 aliphatic carbocycles. The van der Waals surface area contributed by atoms with Crippen molar-refractivity contribution in [2.75, 3.05) is 13.1 Å². The predicted molar refractivity (Wildman–Crippen MR) is 74.6 cm³/mol. The van der Waals surface area contributed by atoms with Crippen molar-refractivity contribution in [1.29, 1.82) is 0 Å². The minimum atomic E-state index is -0.247. The third kappa shape index (κ3) is 2.97. The summed E-state index contributed by atoms with van der Waals surface area (Å²) in [5.74, 6) is 0.531. The van der Waals surface area contributed by atoms with Gasteiger partial charge in [0.1, 0.15) is 0 Å². The Bertz CT molecular complexity index is 407. The predicted octanol–water partition coefficient (Wildman–Crippen LogP) is 1.02. The standard InChI is InChI=1S/C14H24N4O/c1-11(2)14(4-5-15-9-14)13(19)17-12(3)8-18-7-6-16-10-18/h6-7,10-12,15H,4-5,8-9H2,1-3H3,(H,17,19). The Labute approximate surface area is 114 Å². The molecule has 0 saturated carbocycles. The molecule has 5 nitrogen and oxygen atoms in total. The fourth-order valence-electron chi connectivity index (χ4n) is 2.78. The van der Waals surface area contributed by atoms with E-state index in [4.69, 9.17) is 0 Å². The second-order valence-electron chi connectivity index (χ2n) is 5.87. The summed E-state index contributed by atoms with van der Waals surface area (Å²) in [7, 11) is 0. The average Bonchev–Trinajstić information content (AvgIpc) is 2.98. The number of aromatic nitrogens is 2. The lowest BCUT2D eigenvalue weighted by atomic mass is 9.75. The maximum Gasteiger partial charge on any atom is 0.228 e. The Kier molecular flexibility index (Phi) is 4.24. The van der Waals surface area contributed by atoms with Gasteiger partial charge in [-0.15, -0.1) is 0 Å². The van der Waals surface area contributed by atoms with Crippen molar-refractivity contribution < 1.29 is 4.79 Å². The SMILES string of the molecule is CC(Cn1ccnc1)NC(=O)C1(C(C)C)CCNC1. The lowest BCUT2D eigenvalue weighted by Crippen LogP contribution is -2.49. The number of amides is 1. The summed E-state index contributed by atoms with van der Waals surface area (Å²) in [6, 6.07) is 0.109. The van der Waals surface area contributed by atoms with Gasteiger partial charge in [-0.25, -0.2) is 4.98 Å². The van der Waals surface area contributed by atoms with E-state index in [0.717, 1.165) is 26.1 Å². The lowest BCUT2D eigenvalue weighted by molar-refractivity contribution is -0.133. The number of carbonyl (C=O) groups excluding carboxylic acids is 1. The molecule has 1 amide bonds. The zero-order valence-electron chi connectivity index (χ0n) is 12.0. The maximum atomic E-state index is 12.6. The summed E-state index contributed by atoms with van der Waals surface area (Å²) in [5.41, 5.74) is -0.247. The molecular weight excluding hydrogens is 240 g/mol. The van der Waals surface area contributed by atoms with Gasteiger partial charge >= 0.3 is 0 Å². The number of hydrogen-bond acceptors (Lipinski definition) is 3. The summed E-state index contributed by atoms with van der Waals surface area (Å²) in [6.07, 6.45) is 6.37. The van der Waals surface area contributed by atoms with Crippen LogP contribution in [0.4, 0.5) is 0 Å². The minimum absolute atomic E-state index is 0.109. The largest absolute Gasteiger partial charge is 0.351 e. The highest BCUT2D eigenvalue weighted by Gasteiger charge is 2.44. The van der Waals surface area contributed by atoms with Gasteiger partial charge in [0, 0.05) is 31.5 Å².